The van der Waals surface area contributed by atoms with E-state index in [1.165, 1.54) is 6.07 Å². The van der Waals surface area contributed by atoms with Crippen molar-refractivity contribution in [1.29, 1.82) is 0 Å². The maximum absolute atomic E-state index is 14.0. The van der Waals surface area contributed by atoms with Crippen LogP contribution in [0.1, 0.15) is 31.6 Å². The van der Waals surface area contributed by atoms with Crippen molar-refractivity contribution >= 4 is 5.91 Å². The number of carbonyl (C=O) groups is 1. The van der Waals surface area contributed by atoms with Gasteiger partial charge in [-0.3, -0.25) is 4.79 Å². The summed E-state index contributed by atoms with van der Waals surface area (Å²) in [4.78, 5) is 22.0. The number of halogens is 1. The number of nitrogens with zero attached hydrogens (tertiary/aromatic N) is 2. The van der Waals surface area contributed by atoms with Crippen molar-refractivity contribution in [3.8, 4) is 11.3 Å². The Hall–Kier alpha value is -2.47. The maximum Gasteiger partial charge on any atom is 0.252 e. The number of hydrogen-bond acceptors (Lipinski definition) is 3. The average molecular weight is 343 g/mol. The molecule has 1 saturated heterocycles. The fourth-order valence-corrected chi connectivity index (χ4v) is 3.15. The normalized spacial score (nSPS) is 18.3. The molecule has 1 amide bonds. The summed E-state index contributed by atoms with van der Waals surface area (Å²) in [6.07, 6.45) is 4.44. The molecule has 5 nitrogen and oxygen atoms in total. The van der Waals surface area contributed by atoms with Gasteiger partial charge in [-0.2, -0.15) is 0 Å². The summed E-state index contributed by atoms with van der Waals surface area (Å²) in [7, 11) is 0. The van der Waals surface area contributed by atoms with Gasteiger partial charge in [0.1, 0.15) is 17.7 Å². The van der Waals surface area contributed by atoms with Gasteiger partial charge in [-0.15, -0.1) is 6.58 Å². The van der Waals surface area contributed by atoms with Crippen molar-refractivity contribution in [1.82, 2.24) is 14.9 Å². The Bertz CT molecular complexity index is 759. The number of benzene rings is 1. The predicted octanol–water partition coefficient (Wildman–Crippen LogP) is 3.47. The Balaban J connectivity index is 1.78. The standard InChI is InChI=1S/C19H22FN3O2/c1-3-11-25-13(2)19(24)23-10-6-9-17(23)18-21-12-16(22-18)14-7-4-5-8-15(14)20/h3-5,7-8,12-13,17H,1,6,9-11H2,2H3,(H,21,22)/t13-,17+/m1/s1. The summed E-state index contributed by atoms with van der Waals surface area (Å²) in [6, 6.07) is 6.42. The molecule has 0 radical (unpaired) electrons. The lowest BCUT2D eigenvalue weighted by Gasteiger charge is -2.26. The van der Waals surface area contributed by atoms with E-state index in [1.807, 2.05) is 0 Å². The molecule has 1 fully saturated rings. The van der Waals surface area contributed by atoms with Gasteiger partial charge in [0.15, 0.2) is 0 Å². The summed E-state index contributed by atoms with van der Waals surface area (Å²) >= 11 is 0. The van der Waals surface area contributed by atoms with Gasteiger partial charge >= 0.3 is 0 Å². The molecule has 1 N–H and O–H groups in total. The van der Waals surface area contributed by atoms with Crippen LogP contribution >= 0.6 is 0 Å². The van der Waals surface area contributed by atoms with Crippen LogP contribution in [0.2, 0.25) is 0 Å². The molecule has 0 spiro atoms. The second-order valence-electron chi connectivity index (χ2n) is 6.12. The molecule has 0 bridgehead atoms. The Morgan fingerprint density at radius 1 is 1.56 bits per heavy atom. The number of carbonyl (C=O) groups excluding carboxylic acids is 1. The van der Waals surface area contributed by atoms with E-state index in [2.05, 4.69) is 16.5 Å². The number of hydrogen-bond donors (Lipinski definition) is 1. The van der Waals surface area contributed by atoms with Crippen LogP contribution in [0, 0.1) is 5.82 Å². The molecule has 1 aliphatic rings. The van der Waals surface area contributed by atoms with E-state index in [0.29, 0.717) is 30.2 Å². The SMILES string of the molecule is C=CCO[C@H](C)C(=O)N1CCC[C@H]1c1ncc(-c2ccccc2F)[nH]1. The average Bonchev–Trinajstić information content (AvgIpc) is 3.28. The fourth-order valence-electron chi connectivity index (χ4n) is 3.15. The van der Waals surface area contributed by atoms with E-state index in [0.717, 1.165) is 12.8 Å². The second kappa shape index (κ2) is 7.61. The summed E-state index contributed by atoms with van der Waals surface area (Å²) in [5.41, 5.74) is 1.09. The third-order valence-corrected chi connectivity index (χ3v) is 4.42. The van der Waals surface area contributed by atoms with Crippen LogP contribution in [0.5, 0.6) is 0 Å². The third kappa shape index (κ3) is 3.64. The maximum atomic E-state index is 14.0. The zero-order chi connectivity index (χ0) is 17.8. The molecule has 2 heterocycles. The number of imidazole rings is 1. The summed E-state index contributed by atoms with van der Waals surface area (Å²) in [6.45, 7) is 6.34. The molecule has 6 heteroatoms. The van der Waals surface area contributed by atoms with E-state index in [9.17, 15) is 9.18 Å². The largest absolute Gasteiger partial charge is 0.365 e. The number of nitrogens with one attached hydrogen (secondary N) is 1. The molecule has 3 rings (SSSR count). The quantitative estimate of drug-likeness (QED) is 0.817. The van der Waals surface area contributed by atoms with Gasteiger partial charge in [-0.1, -0.05) is 18.2 Å². The molecule has 0 aliphatic carbocycles. The van der Waals surface area contributed by atoms with Gasteiger partial charge in [-0.05, 0) is 31.9 Å². The second-order valence-corrected chi connectivity index (χ2v) is 6.12. The van der Waals surface area contributed by atoms with Gasteiger partial charge in [0, 0.05) is 12.1 Å². The number of aromatic amines is 1. The molecular weight excluding hydrogens is 321 g/mol. The molecule has 2 atom stereocenters. The van der Waals surface area contributed by atoms with Crippen molar-refractivity contribution < 1.29 is 13.9 Å². The van der Waals surface area contributed by atoms with Crippen molar-refractivity contribution in [2.24, 2.45) is 0 Å². The first-order valence-corrected chi connectivity index (χ1v) is 8.44. The number of amides is 1. The lowest BCUT2D eigenvalue weighted by Crippen LogP contribution is -2.39. The minimum atomic E-state index is -0.528. The fraction of sp³-hybridized carbons (Fsp3) is 0.368. The topological polar surface area (TPSA) is 58.2 Å². The minimum Gasteiger partial charge on any atom is -0.365 e. The van der Waals surface area contributed by atoms with Crippen molar-refractivity contribution in [3.05, 3.63) is 54.8 Å². The summed E-state index contributed by atoms with van der Waals surface area (Å²) < 4.78 is 19.4. The highest BCUT2D eigenvalue weighted by Gasteiger charge is 2.34. The van der Waals surface area contributed by atoms with Gasteiger partial charge in [0.2, 0.25) is 0 Å². The number of rotatable bonds is 6. The van der Waals surface area contributed by atoms with Crippen LogP contribution in [0.15, 0.2) is 43.1 Å². The number of aromatic nitrogens is 2. The van der Waals surface area contributed by atoms with Crippen molar-refractivity contribution in [3.63, 3.8) is 0 Å². The molecule has 0 saturated carbocycles. The molecular formula is C19H22FN3O2. The third-order valence-electron chi connectivity index (χ3n) is 4.42. The van der Waals surface area contributed by atoms with Crippen molar-refractivity contribution in [2.45, 2.75) is 31.9 Å². The van der Waals surface area contributed by atoms with Crippen LogP contribution in [0.3, 0.4) is 0 Å². The van der Waals surface area contributed by atoms with E-state index in [-0.39, 0.29) is 17.8 Å². The summed E-state index contributed by atoms with van der Waals surface area (Å²) in [5, 5.41) is 0. The monoisotopic (exact) mass is 343 g/mol. The predicted molar refractivity (Wildman–Crippen MR) is 93.3 cm³/mol. The Labute approximate surface area is 146 Å². The van der Waals surface area contributed by atoms with Crippen LogP contribution in [-0.4, -0.2) is 40.0 Å². The molecule has 1 aromatic heterocycles. The van der Waals surface area contributed by atoms with Gasteiger partial charge in [0.25, 0.3) is 5.91 Å². The van der Waals surface area contributed by atoms with Crippen LogP contribution < -0.4 is 0 Å². The van der Waals surface area contributed by atoms with Crippen LogP contribution in [0.25, 0.3) is 11.3 Å². The Morgan fingerprint density at radius 2 is 2.36 bits per heavy atom. The lowest BCUT2D eigenvalue weighted by molar-refractivity contribution is -0.143. The summed E-state index contributed by atoms with van der Waals surface area (Å²) in [5.74, 6) is 0.316. The van der Waals surface area contributed by atoms with Gasteiger partial charge in [0.05, 0.1) is 24.5 Å². The highest BCUT2D eigenvalue weighted by atomic mass is 19.1. The zero-order valence-electron chi connectivity index (χ0n) is 14.2. The first-order valence-electron chi connectivity index (χ1n) is 8.44. The van der Waals surface area contributed by atoms with E-state index < -0.39 is 6.10 Å². The number of likely N-dealkylation sites (tertiary alicyclic amines) is 1. The van der Waals surface area contributed by atoms with Crippen LogP contribution in [0.4, 0.5) is 4.39 Å². The van der Waals surface area contributed by atoms with Gasteiger partial charge < -0.3 is 14.6 Å². The smallest absolute Gasteiger partial charge is 0.252 e. The highest BCUT2D eigenvalue weighted by molar-refractivity contribution is 5.81. The Kier molecular flexibility index (Phi) is 5.28. The first kappa shape index (κ1) is 17.4. The molecule has 0 unspecified atom stereocenters. The molecule has 2 aromatic rings. The highest BCUT2D eigenvalue weighted by Crippen LogP contribution is 2.32. The molecule has 1 aromatic carbocycles. The number of H-pyrrole nitrogens is 1. The minimum absolute atomic E-state index is 0.0619. The van der Waals surface area contributed by atoms with E-state index in [4.69, 9.17) is 4.74 Å². The first-order chi connectivity index (χ1) is 12.1. The van der Waals surface area contributed by atoms with Crippen LogP contribution in [-0.2, 0) is 9.53 Å². The zero-order valence-corrected chi connectivity index (χ0v) is 14.2. The molecule has 1 aliphatic heterocycles. The van der Waals surface area contributed by atoms with Gasteiger partial charge in [-0.25, -0.2) is 9.37 Å². The Morgan fingerprint density at radius 3 is 3.12 bits per heavy atom. The van der Waals surface area contributed by atoms with E-state index in [1.54, 1.807) is 42.3 Å². The van der Waals surface area contributed by atoms with Crippen molar-refractivity contribution in [2.75, 3.05) is 13.2 Å². The lowest BCUT2D eigenvalue weighted by atomic mass is 10.1. The molecule has 25 heavy (non-hydrogen) atoms. The number of ether oxygens (including phenoxy) is 1. The molecule has 132 valence electrons. The van der Waals surface area contributed by atoms with E-state index >= 15 is 0 Å².